The first-order valence-corrected chi connectivity index (χ1v) is 15.2. The Labute approximate surface area is 244 Å². The smallest absolute Gasteiger partial charge is 0.394 e. The number of pyridine rings is 1. The lowest BCUT2D eigenvalue weighted by molar-refractivity contribution is -0.211. The molecule has 2 aromatic rings. The number of nitrogens with zero attached hydrogens (tertiary/aromatic N) is 3. The van der Waals surface area contributed by atoms with Crippen molar-refractivity contribution in [1.82, 2.24) is 20.1 Å². The van der Waals surface area contributed by atoms with Gasteiger partial charge in [0.1, 0.15) is 21.2 Å². The summed E-state index contributed by atoms with van der Waals surface area (Å²) in [5, 5.41) is 26.7. The van der Waals surface area contributed by atoms with Crippen molar-refractivity contribution in [2.75, 3.05) is 12.8 Å². The van der Waals surface area contributed by atoms with E-state index in [9.17, 15) is 45.4 Å². The molecule has 0 aliphatic heterocycles. The molecule has 3 rings (SSSR count). The van der Waals surface area contributed by atoms with Crippen molar-refractivity contribution in [2.45, 2.75) is 82.7 Å². The molecule has 236 valence electrons. The highest BCUT2D eigenvalue weighted by molar-refractivity contribution is 7.91. The van der Waals surface area contributed by atoms with E-state index < -0.39 is 69.6 Å². The third-order valence-corrected chi connectivity index (χ3v) is 9.36. The molecule has 0 aromatic carbocycles. The van der Waals surface area contributed by atoms with E-state index in [4.69, 9.17) is 11.6 Å². The molecule has 42 heavy (non-hydrogen) atoms. The average molecular weight is 647 g/mol. The Bertz CT molecular complexity index is 1420. The summed E-state index contributed by atoms with van der Waals surface area (Å²) < 4.78 is 96.2. The van der Waals surface area contributed by atoms with Crippen LogP contribution in [-0.4, -0.2) is 81.8 Å². The van der Waals surface area contributed by atoms with Crippen LogP contribution in [0.15, 0.2) is 12.3 Å². The topological polar surface area (TPSA) is 144 Å². The van der Waals surface area contributed by atoms with Crippen LogP contribution in [0.4, 0.5) is 22.0 Å². The number of aliphatic hydroxyl groups is 2. The summed E-state index contributed by atoms with van der Waals surface area (Å²) in [5.74, 6) is -1.43. The van der Waals surface area contributed by atoms with Crippen LogP contribution in [-0.2, 0) is 22.8 Å². The van der Waals surface area contributed by atoms with Crippen LogP contribution in [0.5, 0.6) is 5.75 Å². The minimum absolute atomic E-state index is 0.0632. The molecule has 0 bridgehead atoms. The van der Waals surface area contributed by atoms with Gasteiger partial charge in [0.2, 0.25) is 0 Å². The monoisotopic (exact) mass is 646 g/mol. The number of hydrogen-bond donors (Lipinski definition) is 3. The third kappa shape index (κ3) is 7.32. The standard InChI is InChI=1S/C25H32ClF5N4O6S/c1-5-35-20(15-11-32-13(8-16(15)41-22(27)28)10-23(2,3)25(29,30)31)18(26)19(34-35)21(37)33-12-24(38)7-6-14(9-17(24)36)42(4,39)40/h8,11,14,17,22,36,38H,5-7,9-10,12H2,1-4H3,(H,33,37)/t14-,17-,24-/m1/s1. The molecule has 0 spiro atoms. The fourth-order valence-electron chi connectivity index (χ4n) is 4.65. The van der Waals surface area contributed by atoms with Crippen LogP contribution in [0.2, 0.25) is 5.02 Å². The predicted octanol–water partition coefficient (Wildman–Crippen LogP) is 3.77. The lowest BCUT2D eigenvalue weighted by Crippen LogP contribution is -2.56. The van der Waals surface area contributed by atoms with Crippen molar-refractivity contribution >= 4 is 27.3 Å². The first-order chi connectivity index (χ1) is 19.2. The molecule has 3 atom stereocenters. The number of amides is 1. The van der Waals surface area contributed by atoms with E-state index in [1.165, 1.54) is 4.68 Å². The van der Waals surface area contributed by atoms with E-state index >= 15 is 0 Å². The van der Waals surface area contributed by atoms with Gasteiger partial charge in [-0.05, 0) is 26.2 Å². The summed E-state index contributed by atoms with van der Waals surface area (Å²) in [4.78, 5) is 17.0. The number of aromatic nitrogens is 3. The van der Waals surface area contributed by atoms with E-state index in [1.807, 2.05) is 0 Å². The summed E-state index contributed by atoms with van der Waals surface area (Å²) >= 11 is 6.46. The second-order valence-electron chi connectivity index (χ2n) is 11.0. The number of hydrogen-bond acceptors (Lipinski definition) is 8. The number of nitrogens with one attached hydrogen (secondary N) is 1. The van der Waals surface area contributed by atoms with Gasteiger partial charge in [-0.1, -0.05) is 25.4 Å². The largest absolute Gasteiger partial charge is 0.434 e. The van der Waals surface area contributed by atoms with Gasteiger partial charge in [-0.25, -0.2) is 8.42 Å². The average Bonchev–Trinajstić information content (AvgIpc) is 3.18. The number of ether oxygens (including phenoxy) is 1. The Morgan fingerprint density at radius 3 is 2.50 bits per heavy atom. The van der Waals surface area contributed by atoms with Crippen molar-refractivity contribution in [3.8, 4) is 17.0 Å². The Hall–Kier alpha value is -2.56. The molecular weight excluding hydrogens is 615 g/mol. The molecule has 1 saturated carbocycles. The lowest BCUT2D eigenvalue weighted by Gasteiger charge is -2.39. The number of aliphatic hydroxyl groups excluding tert-OH is 1. The molecule has 3 N–H and O–H groups in total. The van der Waals surface area contributed by atoms with Gasteiger partial charge < -0.3 is 20.3 Å². The van der Waals surface area contributed by atoms with Crippen LogP contribution in [0, 0.1) is 5.41 Å². The van der Waals surface area contributed by atoms with Crippen molar-refractivity contribution in [3.05, 3.63) is 28.7 Å². The minimum Gasteiger partial charge on any atom is -0.434 e. The fourth-order valence-corrected chi connectivity index (χ4v) is 6.05. The van der Waals surface area contributed by atoms with Crippen molar-refractivity contribution in [2.24, 2.45) is 5.41 Å². The van der Waals surface area contributed by atoms with Gasteiger partial charge in [-0.15, -0.1) is 0 Å². The molecule has 0 saturated heterocycles. The quantitative estimate of drug-likeness (QED) is 0.331. The van der Waals surface area contributed by atoms with Gasteiger partial charge >= 0.3 is 12.8 Å². The van der Waals surface area contributed by atoms with Gasteiger partial charge in [0, 0.05) is 43.7 Å². The number of carbonyl (C=O) groups is 1. The second kappa shape index (κ2) is 12.2. The Morgan fingerprint density at radius 1 is 1.33 bits per heavy atom. The summed E-state index contributed by atoms with van der Waals surface area (Å²) in [5.41, 5.74) is -4.83. The van der Waals surface area contributed by atoms with E-state index in [2.05, 4.69) is 20.1 Å². The first kappa shape index (κ1) is 33.9. The molecule has 0 unspecified atom stereocenters. The van der Waals surface area contributed by atoms with Crippen LogP contribution >= 0.6 is 11.6 Å². The number of halogens is 6. The molecule has 1 amide bonds. The lowest BCUT2D eigenvalue weighted by atomic mass is 9.82. The number of sulfone groups is 1. The number of rotatable bonds is 10. The summed E-state index contributed by atoms with van der Waals surface area (Å²) in [7, 11) is -3.45. The van der Waals surface area contributed by atoms with Crippen molar-refractivity contribution < 1.29 is 50.1 Å². The van der Waals surface area contributed by atoms with Gasteiger partial charge in [-0.2, -0.15) is 27.1 Å². The van der Waals surface area contributed by atoms with Gasteiger partial charge in [0.05, 0.1) is 33.0 Å². The summed E-state index contributed by atoms with van der Waals surface area (Å²) in [6.07, 6.45) is -4.92. The SMILES string of the molecule is CCn1nc(C(=O)NC[C@]2(O)CC[C@@H](S(C)(=O)=O)C[C@H]2O)c(Cl)c1-c1cnc(CC(C)(C)C(F)(F)F)cc1OC(F)F. The van der Waals surface area contributed by atoms with Crippen LogP contribution in [0.1, 0.15) is 56.2 Å². The number of alkyl halides is 5. The van der Waals surface area contributed by atoms with E-state index in [1.54, 1.807) is 6.92 Å². The van der Waals surface area contributed by atoms with Gasteiger partial charge in [0.25, 0.3) is 5.91 Å². The number of carbonyl (C=O) groups excluding carboxylic acids is 1. The van der Waals surface area contributed by atoms with Crippen LogP contribution in [0.3, 0.4) is 0 Å². The third-order valence-electron chi connectivity index (χ3n) is 7.36. The molecule has 2 aromatic heterocycles. The maximum absolute atomic E-state index is 13.4. The second-order valence-corrected chi connectivity index (χ2v) is 13.7. The van der Waals surface area contributed by atoms with Crippen LogP contribution in [0.25, 0.3) is 11.3 Å². The highest BCUT2D eigenvalue weighted by Gasteiger charge is 2.47. The van der Waals surface area contributed by atoms with E-state index in [-0.39, 0.29) is 53.5 Å². The van der Waals surface area contributed by atoms with E-state index in [0.29, 0.717) is 0 Å². The zero-order valence-electron chi connectivity index (χ0n) is 23.2. The predicted molar refractivity (Wildman–Crippen MR) is 142 cm³/mol. The normalized spacial score (nSPS) is 21.9. The molecular formula is C25H32ClF5N4O6S. The number of aryl methyl sites for hydroxylation is 1. The maximum Gasteiger partial charge on any atom is 0.394 e. The minimum atomic E-state index is -4.60. The van der Waals surface area contributed by atoms with Gasteiger partial charge in [0.15, 0.2) is 5.69 Å². The summed E-state index contributed by atoms with van der Waals surface area (Å²) in [6, 6.07) is 0.946. The molecule has 1 aliphatic rings. The molecule has 0 radical (unpaired) electrons. The maximum atomic E-state index is 13.4. The highest BCUT2D eigenvalue weighted by atomic mass is 35.5. The Morgan fingerprint density at radius 2 is 1.98 bits per heavy atom. The zero-order chi connectivity index (χ0) is 31.8. The molecule has 10 nitrogen and oxygen atoms in total. The zero-order valence-corrected chi connectivity index (χ0v) is 24.7. The Kier molecular flexibility index (Phi) is 9.86. The molecule has 17 heteroatoms. The van der Waals surface area contributed by atoms with Gasteiger partial charge in [-0.3, -0.25) is 14.5 Å². The molecule has 2 heterocycles. The van der Waals surface area contributed by atoms with Crippen molar-refractivity contribution in [3.63, 3.8) is 0 Å². The first-order valence-electron chi connectivity index (χ1n) is 12.8. The van der Waals surface area contributed by atoms with E-state index in [0.717, 1.165) is 32.4 Å². The molecule has 1 aliphatic carbocycles. The van der Waals surface area contributed by atoms with Crippen LogP contribution < -0.4 is 10.1 Å². The Balaban J connectivity index is 1.91. The van der Waals surface area contributed by atoms with Crippen molar-refractivity contribution in [1.29, 1.82) is 0 Å². The fraction of sp³-hybridized carbons (Fsp3) is 0.640. The highest BCUT2D eigenvalue weighted by Crippen LogP contribution is 2.42. The summed E-state index contributed by atoms with van der Waals surface area (Å²) in [6.45, 7) is -0.254. The molecule has 1 fully saturated rings.